The fraction of sp³-hybridized carbons (Fsp3) is 0.312. The molecule has 0 atom stereocenters. The van der Waals surface area contributed by atoms with Crippen LogP contribution >= 0.6 is 0 Å². The summed E-state index contributed by atoms with van der Waals surface area (Å²) in [7, 11) is 0. The number of hydrogen-bond acceptors (Lipinski definition) is 6. The standard InChI is InChI=1S/C16H18N4O3/c1-16(2,3)23-12(21)7-20-6-11(10-4-5-22-8-10)13-14(17)18-9-19-15(13)20/h4-6,8-9H,7H2,1-3H3,(H2,17,18,19). The Morgan fingerprint density at radius 2 is 2.17 bits per heavy atom. The van der Waals surface area contributed by atoms with Crippen LogP contribution in [0, 0.1) is 0 Å². The van der Waals surface area contributed by atoms with E-state index in [4.69, 9.17) is 14.9 Å². The summed E-state index contributed by atoms with van der Waals surface area (Å²) in [5.41, 5.74) is 7.70. The second kappa shape index (κ2) is 5.42. The van der Waals surface area contributed by atoms with Gasteiger partial charge in [0.2, 0.25) is 0 Å². The van der Waals surface area contributed by atoms with Crippen LogP contribution in [-0.4, -0.2) is 26.1 Å². The van der Waals surface area contributed by atoms with Crippen LogP contribution in [0.3, 0.4) is 0 Å². The van der Waals surface area contributed by atoms with Gasteiger partial charge in [0.05, 0.1) is 17.9 Å². The van der Waals surface area contributed by atoms with Crippen molar-refractivity contribution in [3.05, 3.63) is 31.1 Å². The Morgan fingerprint density at radius 3 is 2.83 bits per heavy atom. The van der Waals surface area contributed by atoms with E-state index in [-0.39, 0.29) is 12.5 Å². The molecule has 0 aliphatic rings. The molecule has 7 nitrogen and oxygen atoms in total. The molecular weight excluding hydrogens is 296 g/mol. The molecule has 0 aliphatic carbocycles. The molecule has 120 valence electrons. The molecule has 0 saturated carbocycles. The number of aromatic nitrogens is 3. The van der Waals surface area contributed by atoms with Crippen molar-refractivity contribution < 1.29 is 13.9 Å². The number of nitrogens with two attached hydrogens (primary N) is 1. The quantitative estimate of drug-likeness (QED) is 0.746. The smallest absolute Gasteiger partial charge is 0.326 e. The molecule has 0 amide bonds. The summed E-state index contributed by atoms with van der Waals surface area (Å²) >= 11 is 0. The third kappa shape index (κ3) is 3.03. The van der Waals surface area contributed by atoms with E-state index in [1.807, 2.05) is 33.0 Å². The van der Waals surface area contributed by atoms with Gasteiger partial charge in [-0.05, 0) is 26.8 Å². The Hall–Kier alpha value is -2.83. The Bertz CT molecular complexity index is 844. The maximum atomic E-state index is 12.1. The first-order valence-corrected chi connectivity index (χ1v) is 7.19. The number of ether oxygens (including phenoxy) is 1. The van der Waals surface area contributed by atoms with Gasteiger partial charge in [0, 0.05) is 17.3 Å². The van der Waals surface area contributed by atoms with E-state index in [0.717, 1.165) is 11.1 Å². The van der Waals surface area contributed by atoms with Gasteiger partial charge >= 0.3 is 5.97 Å². The fourth-order valence-corrected chi connectivity index (χ4v) is 2.42. The monoisotopic (exact) mass is 314 g/mol. The number of fused-ring (bicyclic) bond motifs is 1. The zero-order valence-corrected chi connectivity index (χ0v) is 13.2. The highest BCUT2D eigenvalue weighted by Gasteiger charge is 2.20. The summed E-state index contributed by atoms with van der Waals surface area (Å²) in [6, 6.07) is 1.82. The summed E-state index contributed by atoms with van der Waals surface area (Å²) in [6.07, 6.45) is 6.37. The van der Waals surface area contributed by atoms with Crippen LogP contribution in [0.5, 0.6) is 0 Å². The minimum absolute atomic E-state index is 0.0437. The van der Waals surface area contributed by atoms with Crippen molar-refractivity contribution in [3.8, 4) is 11.1 Å². The minimum Gasteiger partial charge on any atom is -0.472 e. The average molecular weight is 314 g/mol. The third-order valence-electron chi connectivity index (χ3n) is 3.23. The number of esters is 1. The molecule has 3 rings (SSSR count). The average Bonchev–Trinajstić information content (AvgIpc) is 3.05. The Kier molecular flexibility index (Phi) is 3.55. The Labute approximate surface area is 133 Å². The largest absolute Gasteiger partial charge is 0.472 e. The first-order valence-electron chi connectivity index (χ1n) is 7.19. The third-order valence-corrected chi connectivity index (χ3v) is 3.23. The van der Waals surface area contributed by atoms with E-state index < -0.39 is 5.60 Å². The molecular formula is C16H18N4O3. The van der Waals surface area contributed by atoms with Crippen molar-refractivity contribution in [2.24, 2.45) is 0 Å². The zero-order valence-electron chi connectivity index (χ0n) is 13.2. The number of carbonyl (C=O) groups excluding carboxylic acids is 1. The van der Waals surface area contributed by atoms with Crippen molar-refractivity contribution in [2.75, 3.05) is 5.73 Å². The summed E-state index contributed by atoms with van der Waals surface area (Å²) in [4.78, 5) is 20.4. The van der Waals surface area contributed by atoms with Gasteiger partial charge in [-0.1, -0.05) is 0 Å². The number of rotatable bonds is 3. The predicted octanol–water partition coefficient (Wildman–Crippen LogP) is 2.62. The molecule has 0 unspecified atom stereocenters. The zero-order chi connectivity index (χ0) is 16.6. The van der Waals surface area contributed by atoms with Crippen molar-refractivity contribution in [2.45, 2.75) is 32.9 Å². The lowest BCUT2D eigenvalue weighted by molar-refractivity contribution is -0.155. The maximum Gasteiger partial charge on any atom is 0.326 e. The summed E-state index contributed by atoms with van der Waals surface area (Å²) in [6.45, 7) is 5.53. The van der Waals surface area contributed by atoms with E-state index in [2.05, 4.69) is 9.97 Å². The van der Waals surface area contributed by atoms with Gasteiger partial charge in [0.15, 0.2) is 0 Å². The lowest BCUT2D eigenvalue weighted by Crippen LogP contribution is -2.26. The topological polar surface area (TPSA) is 96.2 Å². The Balaban J connectivity index is 2.05. The molecule has 0 aliphatic heterocycles. The van der Waals surface area contributed by atoms with Crippen molar-refractivity contribution in [3.63, 3.8) is 0 Å². The highest BCUT2D eigenvalue weighted by atomic mass is 16.6. The minimum atomic E-state index is -0.540. The number of nitrogens with zero attached hydrogens (tertiary/aromatic N) is 3. The lowest BCUT2D eigenvalue weighted by Gasteiger charge is -2.19. The van der Waals surface area contributed by atoms with Gasteiger partial charge in [-0.2, -0.15) is 0 Å². The van der Waals surface area contributed by atoms with E-state index in [1.165, 1.54) is 6.33 Å². The van der Waals surface area contributed by atoms with Crippen LogP contribution < -0.4 is 5.73 Å². The lowest BCUT2D eigenvalue weighted by atomic mass is 10.1. The number of nitrogen functional groups attached to an aromatic ring is 1. The van der Waals surface area contributed by atoms with Gasteiger partial charge in [-0.25, -0.2) is 9.97 Å². The molecule has 0 spiro atoms. The van der Waals surface area contributed by atoms with Crippen LogP contribution in [0.25, 0.3) is 22.2 Å². The molecule has 3 heterocycles. The molecule has 0 saturated heterocycles. The van der Waals surface area contributed by atoms with Crippen LogP contribution in [0.15, 0.2) is 35.5 Å². The van der Waals surface area contributed by atoms with E-state index in [0.29, 0.717) is 16.9 Å². The fourth-order valence-electron chi connectivity index (χ4n) is 2.42. The second-order valence-corrected chi connectivity index (χ2v) is 6.23. The van der Waals surface area contributed by atoms with Gasteiger partial charge in [-0.3, -0.25) is 4.79 Å². The van der Waals surface area contributed by atoms with Crippen molar-refractivity contribution >= 4 is 22.8 Å². The van der Waals surface area contributed by atoms with Crippen LogP contribution in [0.1, 0.15) is 20.8 Å². The van der Waals surface area contributed by atoms with Gasteiger partial charge in [-0.15, -0.1) is 0 Å². The number of anilines is 1. The summed E-state index contributed by atoms with van der Waals surface area (Å²) in [5, 5.41) is 0.692. The van der Waals surface area contributed by atoms with E-state index in [1.54, 1.807) is 17.1 Å². The molecule has 0 radical (unpaired) electrons. The first-order chi connectivity index (χ1) is 10.8. The molecule has 0 bridgehead atoms. The van der Waals surface area contributed by atoms with E-state index >= 15 is 0 Å². The number of hydrogen-bond donors (Lipinski definition) is 1. The summed E-state index contributed by atoms with van der Waals surface area (Å²) < 4.78 is 12.2. The first kappa shape index (κ1) is 15.1. The van der Waals surface area contributed by atoms with E-state index in [9.17, 15) is 4.79 Å². The predicted molar refractivity (Wildman–Crippen MR) is 85.5 cm³/mol. The molecule has 23 heavy (non-hydrogen) atoms. The highest BCUT2D eigenvalue weighted by molar-refractivity contribution is 6.00. The molecule has 0 aromatic carbocycles. The molecule has 2 N–H and O–H groups in total. The summed E-state index contributed by atoms with van der Waals surface area (Å²) in [5.74, 6) is 0.0134. The van der Waals surface area contributed by atoms with Gasteiger partial charge in [0.1, 0.15) is 29.9 Å². The molecule has 3 aromatic heterocycles. The van der Waals surface area contributed by atoms with Crippen molar-refractivity contribution in [1.82, 2.24) is 14.5 Å². The van der Waals surface area contributed by atoms with Crippen molar-refractivity contribution in [1.29, 1.82) is 0 Å². The molecule has 0 fully saturated rings. The van der Waals surface area contributed by atoms with Gasteiger partial charge < -0.3 is 19.5 Å². The maximum absolute atomic E-state index is 12.1. The Morgan fingerprint density at radius 1 is 1.39 bits per heavy atom. The highest BCUT2D eigenvalue weighted by Crippen LogP contribution is 2.32. The SMILES string of the molecule is CC(C)(C)OC(=O)Cn1cc(-c2ccoc2)c2c(N)ncnc21. The number of furan rings is 1. The van der Waals surface area contributed by atoms with Crippen LogP contribution in [-0.2, 0) is 16.1 Å². The normalized spacial score (nSPS) is 11.8. The molecule has 3 aromatic rings. The number of carbonyl (C=O) groups is 1. The second-order valence-electron chi connectivity index (χ2n) is 6.23. The van der Waals surface area contributed by atoms with Crippen LogP contribution in [0.4, 0.5) is 5.82 Å². The molecule has 7 heteroatoms. The van der Waals surface area contributed by atoms with Crippen LogP contribution in [0.2, 0.25) is 0 Å². The van der Waals surface area contributed by atoms with Gasteiger partial charge in [0.25, 0.3) is 0 Å².